The van der Waals surface area contributed by atoms with E-state index in [1.807, 2.05) is 34.2 Å². The average molecular weight is 583 g/mol. The molecule has 0 aliphatic carbocycles. The number of allylic oxidation sites excluding steroid dienone is 2. The van der Waals surface area contributed by atoms with Gasteiger partial charge in [0, 0.05) is 51.7 Å². The van der Waals surface area contributed by atoms with Gasteiger partial charge in [0.25, 0.3) is 0 Å². The van der Waals surface area contributed by atoms with Crippen molar-refractivity contribution in [2.24, 2.45) is 27.7 Å². The number of aromatic nitrogens is 1. The zero-order chi connectivity index (χ0) is 31.9. The fraction of sp³-hybridized carbons (Fsp3) is 0.750. The molecule has 1 aromatic heterocycles. The minimum atomic E-state index is 0.347. The second-order valence-corrected chi connectivity index (χ2v) is 12.2. The van der Waals surface area contributed by atoms with Crippen LogP contribution in [0.1, 0.15) is 115 Å². The summed E-state index contributed by atoms with van der Waals surface area (Å²) in [7, 11) is 5.63. The third-order valence-electron chi connectivity index (χ3n) is 7.60. The molecule has 0 saturated carbocycles. The Morgan fingerprint density at radius 2 is 1.60 bits per heavy atom. The van der Waals surface area contributed by atoms with E-state index in [-0.39, 0.29) is 0 Å². The molecule has 2 saturated heterocycles. The van der Waals surface area contributed by atoms with Gasteiger partial charge in [0.1, 0.15) is 7.28 Å². The van der Waals surface area contributed by atoms with Crippen molar-refractivity contribution in [3.63, 3.8) is 0 Å². The van der Waals surface area contributed by atoms with E-state index in [2.05, 4.69) is 77.5 Å². The lowest BCUT2D eigenvalue weighted by Crippen LogP contribution is -2.20. The van der Waals surface area contributed by atoms with Crippen molar-refractivity contribution in [2.75, 3.05) is 40.5 Å². The van der Waals surface area contributed by atoms with Gasteiger partial charge in [-0.2, -0.15) is 0 Å². The zero-order valence-electron chi connectivity index (χ0n) is 29.6. The lowest BCUT2D eigenvalue weighted by atomic mass is 9.86. The van der Waals surface area contributed by atoms with Crippen molar-refractivity contribution in [1.82, 2.24) is 4.98 Å². The summed E-state index contributed by atoms with van der Waals surface area (Å²) in [5.74, 6) is 2.46. The molecule has 0 bridgehead atoms. The first-order valence-electron chi connectivity index (χ1n) is 16.6. The molecule has 0 aromatic carbocycles. The Kier molecular flexibility index (Phi) is 23.6. The van der Waals surface area contributed by atoms with Crippen molar-refractivity contribution < 1.29 is 9.47 Å². The predicted molar refractivity (Wildman–Crippen MR) is 187 cm³/mol. The van der Waals surface area contributed by atoms with E-state index < -0.39 is 0 Å². The number of hydrogen-bond acceptors (Lipinski definition) is 5. The molecule has 5 nitrogen and oxygen atoms in total. The lowest BCUT2D eigenvalue weighted by molar-refractivity contribution is 0.0742. The summed E-state index contributed by atoms with van der Waals surface area (Å²) >= 11 is 0. The summed E-state index contributed by atoms with van der Waals surface area (Å²) in [6, 6.07) is 2.22. The average Bonchev–Trinajstić information content (AvgIpc) is 2.98. The number of hydrogen-bond donors (Lipinski definition) is 0. The Hall–Kier alpha value is -1.79. The highest BCUT2D eigenvalue weighted by molar-refractivity contribution is 6.31. The first-order chi connectivity index (χ1) is 20.1. The van der Waals surface area contributed by atoms with Gasteiger partial charge in [-0.15, -0.1) is 0 Å². The largest absolute Gasteiger partial charge is 0.381 e. The van der Waals surface area contributed by atoms with E-state index in [1.54, 1.807) is 7.05 Å². The SMILES string of the molecule is CC1CCOCC(C)CC1.CCCC.CN=C/C=C(/C(=NC)c1nc(C)cc(C2CCCOC2)c1C)C(C)C.C[B]C. The van der Waals surface area contributed by atoms with Gasteiger partial charge in [0.15, 0.2) is 0 Å². The van der Waals surface area contributed by atoms with E-state index >= 15 is 0 Å². The molecule has 1 aromatic rings. The zero-order valence-corrected chi connectivity index (χ0v) is 29.6. The van der Waals surface area contributed by atoms with Crippen LogP contribution < -0.4 is 0 Å². The predicted octanol–water partition coefficient (Wildman–Crippen LogP) is 9.35. The van der Waals surface area contributed by atoms with Crippen LogP contribution in [-0.2, 0) is 9.47 Å². The Morgan fingerprint density at radius 3 is 2.12 bits per heavy atom. The normalized spacial score (nSPS) is 21.6. The van der Waals surface area contributed by atoms with Crippen molar-refractivity contribution in [2.45, 2.75) is 120 Å². The summed E-state index contributed by atoms with van der Waals surface area (Å²) in [6.45, 7) is 25.2. The Bertz CT molecular complexity index is 906. The van der Waals surface area contributed by atoms with Gasteiger partial charge >= 0.3 is 0 Å². The van der Waals surface area contributed by atoms with Crippen molar-refractivity contribution in [3.05, 3.63) is 40.2 Å². The molecule has 2 aliphatic rings. The standard InChI is InChI=1S/C21H31N3O.C9H18O.C4H10.C2H6B/c1-14(2)18(9-10-22-5)21(23-6)20-16(4)19(12-15(3)24-20)17-8-7-11-25-13-17;1-8-3-4-9(2)7-10-6-5-8;1-3-4-2;1-3-2/h9-10,12,14,17H,7-8,11,13H2,1-6H3;8-9H,3-7H2,1-2H3;3-4H2,1-2H3;1-2H3/b18-9+,22-10?,23-21?;;;. The van der Waals surface area contributed by atoms with Crippen LogP contribution in [0.2, 0.25) is 13.6 Å². The fourth-order valence-corrected chi connectivity index (χ4v) is 4.84. The number of aryl methyl sites for hydroxylation is 1. The molecule has 3 atom stereocenters. The maximum absolute atomic E-state index is 5.72. The van der Waals surface area contributed by atoms with E-state index in [1.165, 1.54) is 55.2 Å². The Labute approximate surface area is 261 Å². The van der Waals surface area contributed by atoms with Gasteiger partial charge in [-0.25, -0.2) is 0 Å². The van der Waals surface area contributed by atoms with Crippen LogP contribution in [0.15, 0.2) is 27.7 Å². The Balaban J connectivity index is 0.000000809. The second kappa shape index (κ2) is 24.6. The molecule has 0 spiro atoms. The molecule has 239 valence electrons. The van der Waals surface area contributed by atoms with Crippen molar-refractivity contribution in [1.29, 1.82) is 0 Å². The highest BCUT2D eigenvalue weighted by Gasteiger charge is 2.23. The summed E-state index contributed by atoms with van der Waals surface area (Å²) < 4.78 is 11.2. The molecule has 1 radical (unpaired) electrons. The minimum Gasteiger partial charge on any atom is -0.381 e. The van der Waals surface area contributed by atoms with E-state index in [0.717, 1.165) is 61.8 Å². The number of aliphatic imine (C=N–C) groups is 2. The number of rotatable bonds is 6. The third kappa shape index (κ3) is 16.2. The summed E-state index contributed by atoms with van der Waals surface area (Å²) in [5.41, 5.74) is 6.74. The molecule has 0 N–H and O–H groups in total. The summed E-state index contributed by atoms with van der Waals surface area (Å²) in [4.78, 5) is 13.6. The van der Waals surface area contributed by atoms with Crippen LogP contribution in [0, 0.1) is 31.6 Å². The molecule has 3 heterocycles. The molecular formula is C36H65BN3O2. The smallest absolute Gasteiger partial charge is 0.102 e. The van der Waals surface area contributed by atoms with Crippen molar-refractivity contribution in [3.8, 4) is 0 Å². The fourth-order valence-electron chi connectivity index (χ4n) is 4.84. The third-order valence-corrected chi connectivity index (χ3v) is 7.60. The number of nitrogens with zero attached hydrogens (tertiary/aromatic N) is 3. The highest BCUT2D eigenvalue weighted by Crippen LogP contribution is 2.31. The first kappa shape index (κ1) is 40.2. The minimum absolute atomic E-state index is 0.347. The first-order valence-corrected chi connectivity index (χ1v) is 16.6. The number of ether oxygens (including phenoxy) is 2. The van der Waals surface area contributed by atoms with Gasteiger partial charge in [-0.1, -0.05) is 74.5 Å². The van der Waals surface area contributed by atoms with Crippen LogP contribution in [0.25, 0.3) is 0 Å². The van der Waals surface area contributed by atoms with Gasteiger partial charge in [0.05, 0.1) is 18.0 Å². The van der Waals surface area contributed by atoms with E-state index in [9.17, 15) is 0 Å². The Morgan fingerprint density at radius 1 is 0.976 bits per heavy atom. The highest BCUT2D eigenvalue weighted by atomic mass is 16.5. The van der Waals surface area contributed by atoms with Crippen LogP contribution in [0.4, 0.5) is 0 Å². The van der Waals surface area contributed by atoms with Crippen LogP contribution in [-0.4, -0.2) is 64.7 Å². The molecular weight excluding hydrogens is 517 g/mol. The van der Waals surface area contributed by atoms with E-state index in [4.69, 9.17) is 14.5 Å². The molecule has 42 heavy (non-hydrogen) atoms. The number of unbranched alkanes of at least 4 members (excludes halogenated alkanes) is 1. The molecule has 3 unspecified atom stereocenters. The topological polar surface area (TPSA) is 56.1 Å². The van der Waals surface area contributed by atoms with E-state index in [0.29, 0.717) is 11.8 Å². The summed E-state index contributed by atoms with van der Waals surface area (Å²) in [5, 5.41) is 0. The van der Waals surface area contributed by atoms with Gasteiger partial charge in [-0.3, -0.25) is 15.0 Å². The van der Waals surface area contributed by atoms with Gasteiger partial charge < -0.3 is 9.47 Å². The molecule has 0 amide bonds. The lowest BCUT2D eigenvalue weighted by Gasteiger charge is -2.26. The monoisotopic (exact) mass is 583 g/mol. The molecule has 3 rings (SSSR count). The van der Waals surface area contributed by atoms with Gasteiger partial charge in [0.2, 0.25) is 0 Å². The van der Waals surface area contributed by atoms with Crippen molar-refractivity contribution >= 4 is 19.2 Å². The van der Waals surface area contributed by atoms with Crippen LogP contribution in [0.3, 0.4) is 0 Å². The molecule has 2 fully saturated rings. The van der Waals surface area contributed by atoms with Crippen LogP contribution >= 0.6 is 0 Å². The summed E-state index contributed by atoms with van der Waals surface area (Å²) in [6.07, 6.45) is 12.8. The maximum Gasteiger partial charge on any atom is 0.102 e. The number of pyridine rings is 1. The quantitative estimate of drug-likeness (QED) is 0.248. The second-order valence-electron chi connectivity index (χ2n) is 12.2. The van der Waals surface area contributed by atoms with Crippen LogP contribution in [0.5, 0.6) is 0 Å². The van der Waals surface area contributed by atoms with Gasteiger partial charge in [-0.05, 0) is 86.1 Å². The maximum atomic E-state index is 5.72. The molecule has 2 aliphatic heterocycles. The molecule has 6 heteroatoms.